The van der Waals surface area contributed by atoms with Crippen molar-refractivity contribution in [3.05, 3.63) is 29.8 Å². The highest BCUT2D eigenvalue weighted by atomic mass is 35.5. The number of amides is 1. The van der Waals surface area contributed by atoms with Gasteiger partial charge in [0.1, 0.15) is 5.88 Å². The Balaban J connectivity index is 2.21. The highest BCUT2D eigenvalue weighted by Gasteiger charge is 2.35. The van der Waals surface area contributed by atoms with Gasteiger partial charge < -0.3 is 4.90 Å². The molecule has 1 aromatic carbocycles. The Morgan fingerprint density at radius 3 is 2.50 bits per heavy atom. The number of anilines is 1. The topological polar surface area (TPSA) is 54.5 Å². The van der Waals surface area contributed by atoms with Crippen LogP contribution in [-0.2, 0) is 21.1 Å². The lowest BCUT2D eigenvalue weighted by Gasteiger charge is -2.28. The van der Waals surface area contributed by atoms with Gasteiger partial charge in [0.2, 0.25) is 5.91 Å². The van der Waals surface area contributed by atoms with Crippen LogP contribution in [-0.4, -0.2) is 37.8 Å². The number of carbonyl (C=O) groups excluding carboxylic acids is 1. The Morgan fingerprint density at radius 2 is 2.00 bits per heavy atom. The van der Waals surface area contributed by atoms with Crippen molar-refractivity contribution in [2.45, 2.75) is 38.6 Å². The summed E-state index contributed by atoms with van der Waals surface area (Å²) < 4.78 is 23.4. The van der Waals surface area contributed by atoms with Crippen molar-refractivity contribution in [1.82, 2.24) is 0 Å². The van der Waals surface area contributed by atoms with Crippen molar-refractivity contribution in [3.8, 4) is 0 Å². The maximum Gasteiger partial charge on any atom is 0.242 e. The van der Waals surface area contributed by atoms with E-state index in [0.717, 1.165) is 24.9 Å². The van der Waals surface area contributed by atoms with E-state index in [1.807, 2.05) is 24.3 Å². The number of halogens is 1. The van der Waals surface area contributed by atoms with Crippen LogP contribution in [0.15, 0.2) is 24.3 Å². The summed E-state index contributed by atoms with van der Waals surface area (Å²) >= 11 is 5.71. The molecule has 4 nitrogen and oxygen atoms in total. The molecule has 1 atom stereocenters. The summed E-state index contributed by atoms with van der Waals surface area (Å²) in [6.07, 6.45) is 3.75. The Morgan fingerprint density at radius 1 is 1.32 bits per heavy atom. The van der Waals surface area contributed by atoms with E-state index in [1.165, 1.54) is 5.56 Å². The van der Waals surface area contributed by atoms with E-state index in [0.29, 0.717) is 6.42 Å². The molecule has 1 saturated heterocycles. The number of rotatable bonds is 6. The maximum atomic E-state index is 12.2. The average molecular weight is 344 g/mol. The molecule has 0 aromatic heterocycles. The molecule has 22 heavy (non-hydrogen) atoms. The molecule has 1 aliphatic heterocycles. The van der Waals surface area contributed by atoms with Crippen molar-refractivity contribution in [2.24, 2.45) is 0 Å². The molecular formula is C16H22ClNO3S. The summed E-state index contributed by atoms with van der Waals surface area (Å²) in [6.45, 7) is 2.15. The van der Waals surface area contributed by atoms with Crippen molar-refractivity contribution in [1.29, 1.82) is 0 Å². The lowest BCUT2D eigenvalue weighted by molar-refractivity contribution is -0.116. The van der Waals surface area contributed by atoms with Crippen molar-refractivity contribution < 1.29 is 13.2 Å². The van der Waals surface area contributed by atoms with Crippen LogP contribution in [0.4, 0.5) is 5.69 Å². The predicted octanol–water partition coefficient (Wildman–Crippen LogP) is 2.79. The first-order valence-electron chi connectivity index (χ1n) is 7.64. The summed E-state index contributed by atoms with van der Waals surface area (Å²) in [4.78, 5) is 13.7. The molecule has 1 amide bonds. The quantitative estimate of drug-likeness (QED) is 0.746. The highest BCUT2D eigenvalue weighted by Crippen LogP contribution is 2.25. The SMILES string of the molecule is CCCCc1ccc(N(C(=O)CCl)[C@H]2CCS(=O)(=O)C2)cc1. The van der Waals surface area contributed by atoms with E-state index >= 15 is 0 Å². The molecule has 1 fully saturated rings. The van der Waals surface area contributed by atoms with E-state index in [2.05, 4.69) is 6.92 Å². The van der Waals surface area contributed by atoms with Gasteiger partial charge >= 0.3 is 0 Å². The van der Waals surface area contributed by atoms with Gasteiger partial charge in [0, 0.05) is 5.69 Å². The first-order chi connectivity index (χ1) is 10.5. The van der Waals surface area contributed by atoms with Gasteiger partial charge in [-0.3, -0.25) is 4.79 Å². The second kappa shape index (κ2) is 7.47. The normalized spacial score (nSPS) is 20.0. The molecule has 0 unspecified atom stereocenters. The van der Waals surface area contributed by atoms with Gasteiger partial charge in [-0.25, -0.2) is 8.42 Å². The molecule has 2 rings (SSSR count). The van der Waals surface area contributed by atoms with Crippen LogP contribution < -0.4 is 4.90 Å². The van der Waals surface area contributed by atoms with Gasteiger partial charge in [0.25, 0.3) is 0 Å². The third-order valence-corrected chi connectivity index (χ3v) is 5.97. The fourth-order valence-corrected chi connectivity index (χ4v) is 4.63. The van der Waals surface area contributed by atoms with Gasteiger partial charge in [0.15, 0.2) is 9.84 Å². The van der Waals surface area contributed by atoms with E-state index in [4.69, 9.17) is 11.6 Å². The fraction of sp³-hybridized carbons (Fsp3) is 0.562. The molecule has 1 aromatic rings. The number of sulfone groups is 1. The smallest absolute Gasteiger partial charge is 0.242 e. The van der Waals surface area contributed by atoms with Crippen LogP contribution in [0.1, 0.15) is 31.7 Å². The minimum absolute atomic E-state index is 0.0210. The number of hydrogen-bond acceptors (Lipinski definition) is 3. The van der Waals surface area contributed by atoms with Crippen LogP contribution in [0.2, 0.25) is 0 Å². The minimum Gasteiger partial charge on any atom is -0.307 e. The Kier molecular flexibility index (Phi) is 5.87. The van der Waals surface area contributed by atoms with Crippen LogP contribution >= 0.6 is 11.6 Å². The van der Waals surface area contributed by atoms with Gasteiger partial charge in [0.05, 0.1) is 17.5 Å². The number of carbonyl (C=O) groups is 1. The highest BCUT2D eigenvalue weighted by molar-refractivity contribution is 7.91. The van der Waals surface area contributed by atoms with Crippen LogP contribution in [0.5, 0.6) is 0 Å². The zero-order valence-corrected chi connectivity index (χ0v) is 14.4. The molecule has 0 bridgehead atoms. The van der Waals surface area contributed by atoms with E-state index in [-0.39, 0.29) is 29.3 Å². The maximum absolute atomic E-state index is 12.2. The molecule has 122 valence electrons. The number of benzene rings is 1. The summed E-state index contributed by atoms with van der Waals surface area (Å²) in [5.74, 6) is -0.232. The van der Waals surface area contributed by atoms with Crippen LogP contribution in [0.25, 0.3) is 0 Å². The number of unbranched alkanes of at least 4 members (excludes halogenated alkanes) is 1. The Labute approximate surface area is 137 Å². The number of hydrogen-bond donors (Lipinski definition) is 0. The first-order valence-corrected chi connectivity index (χ1v) is 10.00. The van der Waals surface area contributed by atoms with Gasteiger partial charge in [-0.1, -0.05) is 25.5 Å². The number of nitrogens with zero attached hydrogens (tertiary/aromatic N) is 1. The standard InChI is InChI=1S/C16H22ClNO3S/c1-2-3-4-13-5-7-14(8-6-13)18(16(19)11-17)15-9-10-22(20,21)12-15/h5-8,15H,2-4,9-12H2,1H3/t15-/m0/s1. The molecule has 1 aliphatic rings. The predicted molar refractivity (Wildman–Crippen MR) is 90.3 cm³/mol. The van der Waals surface area contributed by atoms with Crippen molar-refractivity contribution in [2.75, 3.05) is 22.3 Å². The second-order valence-corrected chi connectivity index (χ2v) is 8.22. The monoisotopic (exact) mass is 343 g/mol. The molecule has 0 aliphatic carbocycles. The lowest BCUT2D eigenvalue weighted by Crippen LogP contribution is -2.42. The average Bonchev–Trinajstić information content (AvgIpc) is 2.86. The molecule has 0 radical (unpaired) electrons. The first kappa shape index (κ1) is 17.3. The Bertz CT molecular complexity index is 613. The molecule has 1 heterocycles. The lowest BCUT2D eigenvalue weighted by atomic mass is 10.1. The third kappa shape index (κ3) is 4.23. The largest absolute Gasteiger partial charge is 0.307 e. The zero-order valence-electron chi connectivity index (χ0n) is 12.8. The fourth-order valence-electron chi connectivity index (χ4n) is 2.81. The van der Waals surface area contributed by atoms with Gasteiger partial charge in [-0.15, -0.1) is 11.6 Å². The number of aryl methyl sites for hydroxylation is 1. The molecule has 0 N–H and O–H groups in total. The minimum atomic E-state index is -3.05. The van der Waals surface area contributed by atoms with Gasteiger partial charge in [-0.05, 0) is 37.0 Å². The summed E-state index contributed by atoms with van der Waals surface area (Å²) in [5.41, 5.74) is 1.95. The van der Waals surface area contributed by atoms with E-state index in [9.17, 15) is 13.2 Å². The molecule has 6 heteroatoms. The van der Waals surface area contributed by atoms with Crippen LogP contribution in [0.3, 0.4) is 0 Å². The molecule has 0 saturated carbocycles. The van der Waals surface area contributed by atoms with Gasteiger partial charge in [-0.2, -0.15) is 0 Å². The molecular weight excluding hydrogens is 322 g/mol. The summed E-state index contributed by atoms with van der Waals surface area (Å²) in [7, 11) is -3.05. The van der Waals surface area contributed by atoms with Crippen molar-refractivity contribution >= 4 is 33.0 Å². The van der Waals surface area contributed by atoms with E-state index in [1.54, 1.807) is 4.90 Å². The molecule has 0 spiro atoms. The third-order valence-electron chi connectivity index (χ3n) is 3.99. The number of alkyl halides is 1. The summed E-state index contributed by atoms with van der Waals surface area (Å²) in [6, 6.07) is 7.48. The Hall–Kier alpha value is -1.07. The van der Waals surface area contributed by atoms with E-state index < -0.39 is 9.84 Å². The van der Waals surface area contributed by atoms with Crippen molar-refractivity contribution in [3.63, 3.8) is 0 Å². The zero-order chi connectivity index (χ0) is 16.2. The van der Waals surface area contributed by atoms with Crippen LogP contribution in [0, 0.1) is 0 Å². The second-order valence-electron chi connectivity index (χ2n) is 5.72. The summed E-state index contributed by atoms with van der Waals surface area (Å²) in [5, 5.41) is 0.